The Morgan fingerprint density at radius 3 is 2.57 bits per heavy atom. The number of carbonyl (C=O) groups is 1. The second kappa shape index (κ2) is 5.12. The first kappa shape index (κ1) is 14.6. The van der Waals surface area contributed by atoms with Crippen LogP contribution in [0.15, 0.2) is 51.8 Å². The van der Waals surface area contributed by atoms with E-state index in [0.29, 0.717) is 11.1 Å². The van der Waals surface area contributed by atoms with Crippen LogP contribution in [0.1, 0.15) is 15.9 Å². The summed E-state index contributed by atoms with van der Waals surface area (Å²) < 4.78 is 26.9. The molecule has 2 aromatic rings. The van der Waals surface area contributed by atoms with Gasteiger partial charge in [0.2, 0.25) is 0 Å². The number of hydrogen-bond donors (Lipinski definition) is 0. The van der Waals surface area contributed by atoms with Gasteiger partial charge in [0.15, 0.2) is 0 Å². The van der Waals surface area contributed by atoms with Crippen LogP contribution in [0, 0.1) is 0 Å². The highest BCUT2D eigenvalue weighted by Crippen LogP contribution is 2.32. The van der Waals surface area contributed by atoms with Crippen LogP contribution in [0.5, 0.6) is 0 Å². The van der Waals surface area contributed by atoms with Gasteiger partial charge in [-0.3, -0.25) is 4.79 Å². The molecule has 1 amide bonds. The minimum atomic E-state index is -3.96. The van der Waals surface area contributed by atoms with Crippen molar-refractivity contribution in [3.05, 3.63) is 63.1 Å². The number of amides is 1. The molecule has 0 radical (unpaired) electrons. The lowest BCUT2D eigenvalue weighted by Gasteiger charge is -2.16. The van der Waals surface area contributed by atoms with Crippen LogP contribution in [0.3, 0.4) is 0 Å². The van der Waals surface area contributed by atoms with Gasteiger partial charge in [-0.15, -0.1) is 0 Å². The van der Waals surface area contributed by atoms with E-state index >= 15 is 0 Å². The fourth-order valence-corrected chi connectivity index (χ4v) is 4.49. The molecule has 0 unspecified atom stereocenters. The minimum Gasteiger partial charge on any atom is -0.268 e. The number of rotatable bonds is 2. The summed E-state index contributed by atoms with van der Waals surface area (Å²) >= 11 is 9.26. The fourth-order valence-electron chi connectivity index (χ4n) is 2.23. The van der Waals surface area contributed by atoms with Gasteiger partial charge in [0, 0.05) is 10.0 Å². The van der Waals surface area contributed by atoms with E-state index < -0.39 is 15.9 Å². The molecule has 1 aliphatic heterocycles. The van der Waals surface area contributed by atoms with Crippen molar-refractivity contribution in [2.75, 3.05) is 0 Å². The first-order valence-electron chi connectivity index (χ1n) is 6.01. The molecule has 0 atom stereocenters. The number of benzene rings is 2. The minimum absolute atomic E-state index is 0.0150. The maximum atomic E-state index is 12.6. The van der Waals surface area contributed by atoms with E-state index in [2.05, 4.69) is 15.9 Å². The average Bonchev–Trinajstić information content (AvgIpc) is 2.76. The summed E-state index contributed by atoms with van der Waals surface area (Å²) in [6.45, 7) is 0.0150. The Kier molecular flexibility index (Phi) is 3.55. The van der Waals surface area contributed by atoms with E-state index in [1.165, 1.54) is 12.1 Å². The van der Waals surface area contributed by atoms with E-state index in [1.807, 2.05) is 0 Å². The Morgan fingerprint density at radius 1 is 1.14 bits per heavy atom. The molecule has 1 aliphatic rings. The zero-order valence-electron chi connectivity index (χ0n) is 10.6. The Bertz CT molecular complexity index is 851. The van der Waals surface area contributed by atoms with Gasteiger partial charge in [-0.1, -0.05) is 39.7 Å². The van der Waals surface area contributed by atoms with Crippen LogP contribution >= 0.6 is 27.5 Å². The van der Waals surface area contributed by atoms with Crippen LogP contribution in [0.4, 0.5) is 0 Å². The smallest absolute Gasteiger partial charge is 0.268 e. The molecular weight excluding hydrogens is 378 g/mol. The maximum Gasteiger partial charge on any atom is 0.268 e. The summed E-state index contributed by atoms with van der Waals surface area (Å²) in [7, 11) is -3.96. The second-order valence-corrected chi connectivity index (χ2v) is 7.70. The molecule has 0 saturated heterocycles. The number of hydrogen-bond acceptors (Lipinski definition) is 3. The summed E-state index contributed by atoms with van der Waals surface area (Å²) in [4.78, 5) is 12.3. The van der Waals surface area contributed by atoms with Gasteiger partial charge < -0.3 is 0 Å². The lowest BCUT2D eigenvalue weighted by atomic mass is 10.1. The van der Waals surface area contributed by atoms with Crippen molar-refractivity contribution in [3.63, 3.8) is 0 Å². The molecule has 3 rings (SSSR count). The van der Waals surface area contributed by atoms with Gasteiger partial charge in [0.25, 0.3) is 15.9 Å². The second-order valence-electron chi connectivity index (χ2n) is 4.55. The molecule has 1 heterocycles. The van der Waals surface area contributed by atoms with E-state index in [0.717, 1.165) is 8.78 Å². The largest absolute Gasteiger partial charge is 0.268 e. The normalized spacial score (nSPS) is 14.4. The Morgan fingerprint density at radius 2 is 1.86 bits per heavy atom. The molecule has 0 aliphatic carbocycles. The van der Waals surface area contributed by atoms with E-state index in [9.17, 15) is 13.2 Å². The third-order valence-corrected chi connectivity index (χ3v) is 5.96. The highest BCUT2D eigenvalue weighted by Gasteiger charge is 2.37. The van der Waals surface area contributed by atoms with E-state index in [-0.39, 0.29) is 16.5 Å². The molecule has 0 bridgehead atoms. The molecule has 108 valence electrons. The summed E-state index contributed by atoms with van der Waals surface area (Å²) in [5.74, 6) is -0.530. The SMILES string of the molecule is O=C1c2ccc(Br)cc2CN1S(=O)(=O)c1ccccc1Cl. The quantitative estimate of drug-likeness (QED) is 0.794. The van der Waals surface area contributed by atoms with Gasteiger partial charge in [0.05, 0.1) is 11.6 Å². The van der Waals surface area contributed by atoms with Crippen LogP contribution in [0.25, 0.3) is 0 Å². The molecule has 7 heteroatoms. The van der Waals surface area contributed by atoms with Crippen LogP contribution in [0.2, 0.25) is 5.02 Å². The predicted molar refractivity (Wildman–Crippen MR) is 82.7 cm³/mol. The Hall–Kier alpha value is -1.37. The monoisotopic (exact) mass is 385 g/mol. The molecule has 21 heavy (non-hydrogen) atoms. The van der Waals surface area contributed by atoms with E-state index in [4.69, 9.17) is 11.6 Å². The Balaban J connectivity index is 2.07. The van der Waals surface area contributed by atoms with Crippen molar-refractivity contribution < 1.29 is 13.2 Å². The maximum absolute atomic E-state index is 12.6. The van der Waals surface area contributed by atoms with Crippen molar-refractivity contribution in [1.82, 2.24) is 4.31 Å². The van der Waals surface area contributed by atoms with Gasteiger partial charge in [0.1, 0.15) is 4.90 Å². The predicted octanol–water partition coefficient (Wildman–Crippen LogP) is 3.45. The highest BCUT2D eigenvalue weighted by molar-refractivity contribution is 9.10. The summed E-state index contributed by atoms with van der Waals surface area (Å²) in [6.07, 6.45) is 0. The van der Waals surface area contributed by atoms with Crippen molar-refractivity contribution in [2.24, 2.45) is 0 Å². The molecular formula is C14H9BrClNO3S. The van der Waals surface area contributed by atoms with Crippen LogP contribution in [-0.2, 0) is 16.6 Å². The van der Waals surface area contributed by atoms with Gasteiger partial charge in [-0.05, 0) is 35.9 Å². The van der Waals surface area contributed by atoms with Gasteiger partial charge in [-0.25, -0.2) is 12.7 Å². The molecule has 0 aromatic heterocycles. The molecule has 0 spiro atoms. The summed E-state index contributed by atoms with van der Waals surface area (Å²) in [5.41, 5.74) is 1.07. The fraction of sp³-hybridized carbons (Fsp3) is 0.0714. The topological polar surface area (TPSA) is 54.5 Å². The zero-order valence-corrected chi connectivity index (χ0v) is 13.7. The molecule has 0 saturated carbocycles. The van der Waals surface area contributed by atoms with Crippen LogP contribution < -0.4 is 0 Å². The van der Waals surface area contributed by atoms with Gasteiger partial charge >= 0.3 is 0 Å². The third-order valence-electron chi connectivity index (χ3n) is 3.24. The average molecular weight is 387 g/mol. The molecule has 0 fully saturated rings. The zero-order chi connectivity index (χ0) is 15.2. The van der Waals surface area contributed by atoms with Crippen molar-refractivity contribution in [3.8, 4) is 0 Å². The number of nitrogens with zero attached hydrogens (tertiary/aromatic N) is 1. The first-order valence-corrected chi connectivity index (χ1v) is 8.62. The van der Waals surface area contributed by atoms with Crippen molar-refractivity contribution in [1.29, 1.82) is 0 Å². The number of sulfonamides is 1. The highest BCUT2D eigenvalue weighted by atomic mass is 79.9. The van der Waals surface area contributed by atoms with Crippen molar-refractivity contribution >= 4 is 43.5 Å². The third kappa shape index (κ3) is 2.37. The summed E-state index contributed by atoms with van der Waals surface area (Å²) in [5, 5.41) is 0.0995. The first-order chi connectivity index (χ1) is 9.91. The van der Waals surface area contributed by atoms with Crippen LogP contribution in [-0.4, -0.2) is 18.6 Å². The number of carbonyl (C=O) groups excluding carboxylic acids is 1. The van der Waals surface area contributed by atoms with E-state index in [1.54, 1.807) is 30.3 Å². The molecule has 4 nitrogen and oxygen atoms in total. The lowest BCUT2D eigenvalue weighted by Crippen LogP contribution is -2.31. The molecule has 2 aromatic carbocycles. The molecule has 0 N–H and O–H groups in total. The summed E-state index contributed by atoms with van der Waals surface area (Å²) in [6, 6.07) is 11.2. The lowest BCUT2D eigenvalue weighted by molar-refractivity contribution is 0.0879. The standard InChI is InChI=1S/C14H9BrClNO3S/c15-10-5-6-11-9(7-10)8-17(14(11)18)21(19,20)13-4-2-1-3-12(13)16/h1-7H,8H2. The van der Waals surface area contributed by atoms with Gasteiger partial charge in [-0.2, -0.15) is 0 Å². The van der Waals surface area contributed by atoms with Crippen molar-refractivity contribution in [2.45, 2.75) is 11.4 Å². The number of fused-ring (bicyclic) bond motifs is 1. The Labute approximate surface area is 135 Å². The number of halogens is 2.